The predicted molar refractivity (Wildman–Crippen MR) is 114 cm³/mol. The molecule has 1 heterocycles. The van der Waals surface area contributed by atoms with Gasteiger partial charge < -0.3 is 15.5 Å². The summed E-state index contributed by atoms with van der Waals surface area (Å²) >= 11 is 0. The first-order valence-electron chi connectivity index (χ1n) is 8.79. The summed E-state index contributed by atoms with van der Waals surface area (Å²) in [5, 5.41) is 10.6. The van der Waals surface area contributed by atoms with Crippen LogP contribution in [0.3, 0.4) is 0 Å². The zero-order valence-electron chi connectivity index (χ0n) is 17.1. The maximum Gasteiger partial charge on any atom is 0.406 e. The van der Waals surface area contributed by atoms with Crippen LogP contribution in [-0.2, 0) is 18.3 Å². The molecule has 0 fully saturated rings. The van der Waals surface area contributed by atoms with Gasteiger partial charge in [-0.2, -0.15) is 18.3 Å². The Hall–Kier alpha value is -1.53. The van der Waals surface area contributed by atoms with Crippen LogP contribution in [0.5, 0.6) is 0 Å². The monoisotopic (exact) mass is 518 g/mol. The number of nitrogens with zero attached hydrogens (tertiary/aromatic N) is 4. The molecule has 0 saturated heterocycles. The number of guanidine groups is 1. The van der Waals surface area contributed by atoms with Crippen LogP contribution in [-0.4, -0.2) is 65.4 Å². The predicted octanol–water partition coefficient (Wildman–Crippen LogP) is 2.16. The van der Waals surface area contributed by atoms with Gasteiger partial charge in [-0.25, -0.2) is 4.99 Å². The highest BCUT2D eigenvalue weighted by atomic mass is 127. The number of hydrogen-bond donors (Lipinski definition) is 2. The molecule has 162 valence electrons. The Morgan fingerprint density at radius 2 is 1.96 bits per heavy atom. The standard InChI is InChI=1S/C17H29F3N6O.HI/c1-7-21-16(22-9-15(27)25(5)10-17(18,19)20)23-11(2)8-14-12(3)24-26(6)13(14)4;/h11H,7-10H2,1-6H3,(H2,21,22,23);1H. The quantitative estimate of drug-likeness (QED) is 0.330. The van der Waals surface area contributed by atoms with Crippen molar-refractivity contribution in [2.24, 2.45) is 12.0 Å². The van der Waals surface area contributed by atoms with Gasteiger partial charge in [0.25, 0.3) is 0 Å². The van der Waals surface area contributed by atoms with Crippen LogP contribution in [0.1, 0.15) is 30.8 Å². The lowest BCUT2D eigenvalue weighted by Gasteiger charge is -2.20. The zero-order valence-corrected chi connectivity index (χ0v) is 19.5. The number of aromatic nitrogens is 2. The van der Waals surface area contributed by atoms with Crippen LogP contribution in [0, 0.1) is 13.8 Å². The molecule has 0 bridgehead atoms. The molecular formula is C17H30F3IN6O. The third kappa shape index (κ3) is 8.65. The minimum Gasteiger partial charge on any atom is -0.357 e. The minimum atomic E-state index is -4.43. The number of nitrogens with one attached hydrogen (secondary N) is 2. The highest BCUT2D eigenvalue weighted by Gasteiger charge is 2.31. The smallest absolute Gasteiger partial charge is 0.357 e. The van der Waals surface area contributed by atoms with E-state index in [1.807, 2.05) is 39.4 Å². The topological polar surface area (TPSA) is 74.6 Å². The molecule has 1 aromatic rings. The molecule has 1 unspecified atom stereocenters. The van der Waals surface area contributed by atoms with Crippen molar-refractivity contribution in [3.05, 3.63) is 17.0 Å². The summed E-state index contributed by atoms with van der Waals surface area (Å²) in [7, 11) is 3.00. The van der Waals surface area contributed by atoms with Gasteiger partial charge in [-0.1, -0.05) is 0 Å². The Kier molecular flexibility index (Phi) is 10.8. The maximum absolute atomic E-state index is 12.4. The van der Waals surface area contributed by atoms with E-state index in [1.54, 1.807) is 0 Å². The molecule has 1 rings (SSSR count). The van der Waals surface area contributed by atoms with Gasteiger partial charge in [0.1, 0.15) is 13.1 Å². The molecule has 0 aromatic carbocycles. The molecule has 1 amide bonds. The van der Waals surface area contributed by atoms with Gasteiger partial charge in [-0.15, -0.1) is 24.0 Å². The molecule has 7 nitrogen and oxygen atoms in total. The first kappa shape index (κ1) is 26.5. The number of carbonyl (C=O) groups excluding carboxylic acids is 1. The number of aryl methyl sites for hydroxylation is 2. The third-order valence-corrected chi connectivity index (χ3v) is 4.11. The van der Waals surface area contributed by atoms with Gasteiger partial charge in [-0.3, -0.25) is 9.48 Å². The van der Waals surface area contributed by atoms with E-state index in [1.165, 1.54) is 0 Å². The van der Waals surface area contributed by atoms with E-state index in [0.717, 1.165) is 24.0 Å². The van der Waals surface area contributed by atoms with Crippen LogP contribution in [0.15, 0.2) is 4.99 Å². The number of rotatable bonds is 7. The van der Waals surface area contributed by atoms with Crippen molar-refractivity contribution in [3.8, 4) is 0 Å². The Bertz CT molecular complexity index is 675. The molecule has 0 aliphatic carbocycles. The van der Waals surface area contributed by atoms with Crippen molar-refractivity contribution >= 4 is 35.8 Å². The van der Waals surface area contributed by atoms with Crippen molar-refractivity contribution in [3.63, 3.8) is 0 Å². The van der Waals surface area contributed by atoms with Gasteiger partial charge in [0.15, 0.2) is 5.96 Å². The fourth-order valence-corrected chi connectivity index (χ4v) is 2.65. The molecule has 0 saturated carbocycles. The summed E-state index contributed by atoms with van der Waals surface area (Å²) in [5.41, 5.74) is 3.16. The van der Waals surface area contributed by atoms with E-state index in [9.17, 15) is 18.0 Å². The van der Waals surface area contributed by atoms with E-state index in [0.29, 0.717) is 23.8 Å². The fourth-order valence-electron chi connectivity index (χ4n) is 2.65. The van der Waals surface area contributed by atoms with Gasteiger partial charge in [0.2, 0.25) is 5.91 Å². The Morgan fingerprint density at radius 1 is 1.36 bits per heavy atom. The van der Waals surface area contributed by atoms with E-state index in [4.69, 9.17) is 0 Å². The summed E-state index contributed by atoms with van der Waals surface area (Å²) in [6.07, 6.45) is -3.72. The largest absolute Gasteiger partial charge is 0.406 e. The van der Waals surface area contributed by atoms with Gasteiger partial charge in [0.05, 0.1) is 5.69 Å². The molecule has 0 aliphatic rings. The summed E-state index contributed by atoms with van der Waals surface area (Å²) in [6.45, 7) is 6.70. The van der Waals surface area contributed by atoms with Crippen molar-refractivity contribution in [2.45, 2.75) is 46.3 Å². The number of alkyl halides is 3. The van der Waals surface area contributed by atoms with Crippen LogP contribution in [0.25, 0.3) is 0 Å². The van der Waals surface area contributed by atoms with Crippen LogP contribution in [0.4, 0.5) is 13.2 Å². The molecule has 1 aromatic heterocycles. The Balaban J connectivity index is 0.00000729. The summed E-state index contributed by atoms with van der Waals surface area (Å²) < 4.78 is 38.9. The average Bonchev–Trinajstić information content (AvgIpc) is 2.77. The van der Waals surface area contributed by atoms with Crippen molar-refractivity contribution in [1.82, 2.24) is 25.3 Å². The van der Waals surface area contributed by atoms with Crippen molar-refractivity contribution < 1.29 is 18.0 Å². The van der Waals surface area contributed by atoms with Crippen molar-refractivity contribution in [1.29, 1.82) is 0 Å². The number of hydrogen-bond acceptors (Lipinski definition) is 3. The maximum atomic E-state index is 12.4. The fraction of sp³-hybridized carbons (Fsp3) is 0.706. The van der Waals surface area contributed by atoms with Crippen LogP contribution >= 0.6 is 24.0 Å². The van der Waals surface area contributed by atoms with E-state index >= 15 is 0 Å². The second-order valence-corrected chi connectivity index (χ2v) is 6.58. The average molecular weight is 518 g/mol. The minimum absolute atomic E-state index is 0. The Morgan fingerprint density at radius 3 is 2.43 bits per heavy atom. The van der Waals surface area contributed by atoms with Gasteiger partial charge in [-0.05, 0) is 39.7 Å². The number of aliphatic imine (C=N–C) groups is 1. The lowest BCUT2D eigenvalue weighted by molar-refractivity contribution is -0.157. The number of likely N-dealkylation sites (N-methyl/N-ethyl adjacent to an activating group) is 1. The number of halogens is 4. The van der Waals surface area contributed by atoms with Gasteiger partial charge in [0, 0.05) is 32.4 Å². The lowest BCUT2D eigenvalue weighted by Crippen LogP contribution is -2.44. The van der Waals surface area contributed by atoms with E-state index < -0.39 is 18.6 Å². The van der Waals surface area contributed by atoms with Gasteiger partial charge >= 0.3 is 6.18 Å². The molecule has 0 aliphatic heterocycles. The van der Waals surface area contributed by atoms with Crippen LogP contribution < -0.4 is 10.6 Å². The number of amides is 1. The molecular weight excluding hydrogens is 488 g/mol. The lowest BCUT2D eigenvalue weighted by atomic mass is 10.1. The second-order valence-electron chi connectivity index (χ2n) is 6.58. The summed E-state index contributed by atoms with van der Waals surface area (Å²) in [5.74, 6) is -0.311. The zero-order chi connectivity index (χ0) is 20.8. The molecule has 0 spiro atoms. The number of carbonyl (C=O) groups is 1. The first-order valence-corrected chi connectivity index (χ1v) is 8.79. The normalized spacial score (nSPS) is 13.0. The molecule has 2 N–H and O–H groups in total. The van der Waals surface area contributed by atoms with Crippen molar-refractivity contribution in [2.75, 3.05) is 26.7 Å². The highest BCUT2D eigenvalue weighted by molar-refractivity contribution is 14.0. The molecule has 28 heavy (non-hydrogen) atoms. The third-order valence-electron chi connectivity index (χ3n) is 4.11. The summed E-state index contributed by atoms with van der Waals surface area (Å²) in [4.78, 5) is 16.6. The Labute approximate surface area is 181 Å². The highest BCUT2D eigenvalue weighted by Crippen LogP contribution is 2.16. The van der Waals surface area contributed by atoms with E-state index in [2.05, 4.69) is 20.7 Å². The first-order chi connectivity index (χ1) is 12.4. The second kappa shape index (κ2) is 11.5. The SMILES string of the molecule is CCNC(=NCC(=O)N(C)CC(F)(F)F)NC(C)Cc1c(C)nn(C)c1C.I. The van der Waals surface area contributed by atoms with E-state index in [-0.39, 0.29) is 36.6 Å². The molecule has 1 atom stereocenters. The molecule has 11 heteroatoms. The molecule has 0 radical (unpaired) electrons. The van der Waals surface area contributed by atoms with Crippen LogP contribution in [0.2, 0.25) is 0 Å². The summed E-state index contributed by atoms with van der Waals surface area (Å²) in [6, 6.07) is -0.00703.